The van der Waals surface area contributed by atoms with Gasteiger partial charge in [0.2, 0.25) is 5.84 Å². The molecule has 2 rings (SSSR count). The molecule has 1 aliphatic rings. The first-order chi connectivity index (χ1) is 11.9. The van der Waals surface area contributed by atoms with E-state index in [1.165, 1.54) is 14.1 Å². The summed E-state index contributed by atoms with van der Waals surface area (Å²) >= 11 is 0. The number of phenols is 1. The Balaban J connectivity index is 2.58. The van der Waals surface area contributed by atoms with E-state index < -0.39 is 50.9 Å². The van der Waals surface area contributed by atoms with Crippen molar-refractivity contribution in [1.82, 2.24) is 4.90 Å². The van der Waals surface area contributed by atoms with Gasteiger partial charge in [0.15, 0.2) is 5.75 Å². The van der Waals surface area contributed by atoms with Crippen LogP contribution >= 0.6 is 0 Å². The molecule has 26 heavy (non-hydrogen) atoms. The first-order valence-electron chi connectivity index (χ1n) is 6.78. The number of amides is 1. The average Bonchev–Trinajstić information content (AvgIpc) is 2.81. The lowest BCUT2D eigenvalue weighted by atomic mass is 10.0. The van der Waals surface area contributed by atoms with E-state index in [9.17, 15) is 31.5 Å². The quantitative estimate of drug-likeness (QED) is 0.728. The number of nitrogens with one attached hydrogen (secondary N) is 1. The van der Waals surface area contributed by atoms with Crippen molar-refractivity contribution >= 4 is 33.5 Å². The minimum atomic E-state index is -4.90. The van der Waals surface area contributed by atoms with Gasteiger partial charge < -0.3 is 20.1 Å². The van der Waals surface area contributed by atoms with Crippen LogP contribution < -0.4 is 5.32 Å². The van der Waals surface area contributed by atoms with Gasteiger partial charge in [0.05, 0.1) is 23.9 Å². The second-order valence-corrected chi connectivity index (χ2v) is 6.46. The number of carbonyl (C=O) groups is 1. The number of rotatable bonds is 2. The lowest BCUT2D eigenvalue weighted by molar-refractivity contribution is -0.138. The fourth-order valence-corrected chi connectivity index (χ4v) is 2.79. The third-order valence-corrected chi connectivity index (χ3v) is 3.97. The summed E-state index contributed by atoms with van der Waals surface area (Å²) in [7, 11) is -0.680. The van der Waals surface area contributed by atoms with Crippen LogP contribution in [0.25, 0.3) is 0 Å². The van der Waals surface area contributed by atoms with Crippen molar-refractivity contribution in [3.8, 4) is 5.75 Å². The van der Waals surface area contributed by atoms with Crippen LogP contribution in [0.3, 0.4) is 0 Å². The predicted octanol–water partition coefficient (Wildman–Crippen LogP) is 1.23. The van der Waals surface area contributed by atoms with Crippen LogP contribution in [0.4, 0.5) is 18.9 Å². The minimum absolute atomic E-state index is 0.385. The van der Waals surface area contributed by atoms with E-state index in [-0.39, 0.29) is 5.69 Å². The summed E-state index contributed by atoms with van der Waals surface area (Å²) in [6, 6.07) is 1.40. The molecule has 1 amide bonds. The van der Waals surface area contributed by atoms with Crippen molar-refractivity contribution in [3.63, 3.8) is 0 Å². The number of halogens is 3. The van der Waals surface area contributed by atoms with E-state index in [2.05, 4.69) is 14.1 Å². The van der Waals surface area contributed by atoms with Crippen LogP contribution in [0.2, 0.25) is 0 Å². The summed E-state index contributed by atoms with van der Waals surface area (Å²) < 4.78 is 73.3. The Morgan fingerprint density at radius 1 is 1.27 bits per heavy atom. The molecule has 0 spiro atoms. The van der Waals surface area contributed by atoms with Crippen LogP contribution in [0, 0.1) is 0 Å². The summed E-state index contributed by atoms with van der Waals surface area (Å²) in [6.45, 7) is 0. The topological polar surface area (TPSA) is 121 Å². The minimum Gasteiger partial charge on any atom is -0.505 e. The summed E-state index contributed by atoms with van der Waals surface area (Å²) in [4.78, 5) is 13.0. The maximum absolute atomic E-state index is 13.2. The molecule has 0 saturated carbocycles. The third-order valence-electron chi connectivity index (χ3n) is 3.16. The van der Waals surface area contributed by atoms with Gasteiger partial charge in [-0.1, -0.05) is 0 Å². The molecule has 0 aromatic heterocycles. The fraction of sp³-hybridized carbons (Fsp3) is 0.308. The zero-order valence-electron chi connectivity index (χ0n) is 13.6. The molecule has 0 aliphatic carbocycles. The van der Waals surface area contributed by atoms with E-state index in [4.69, 9.17) is 4.74 Å². The Morgan fingerprint density at radius 3 is 2.38 bits per heavy atom. The Hall–Kier alpha value is -2.83. The molecule has 0 atom stereocenters. The number of amidine groups is 1. The predicted molar refractivity (Wildman–Crippen MR) is 85.5 cm³/mol. The number of carbonyl (C=O) groups excluding carboxylic acids is 1. The van der Waals surface area contributed by atoms with E-state index >= 15 is 0 Å². The van der Waals surface area contributed by atoms with Crippen molar-refractivity contribution in [3.05, 3.63) is 23.3 Å². The molecule has 0 bridgehead atoms. The summed E-state index contributed by atoms with van der Waals surface area (Å²) in [5, 5.41) is 12.5. The number of anilines is 1. The van der Waals surface area contributed by atoms with Gasteiger partial charge in [0.25, 0.3) is 11.8 Å². The van der Waals surface area contributed by atoms with Crippen LogP contribution in [-0.4, -0.2) is 57.3 Å². The Kier molecular flexibility index (Phi) is 4.86. The highest BCUT2D eigenvalue weighted by Gasteiger charge is 2.38. The van der Waals surface area contributed by atoms with Gasteiger partial charge in [0, 0.05) is 14.1 Å². The van der Waals surface area contributed by atoms with Gasteiger partial charge in [0.1, 0.15) is 0 Å². The average molecular weight is 394 g/mol. The number of benzene rings is 1. The van der Waals surface area contributed by atoms with E-state index in [1.807, 2.05) is 0 Å². The van der Waals surface area contributed by atoms with Gasteiger partial charge >= 0.3 is 16.4 Å². The fourth-order valence-electron chi connectivity index (χ4n) is 2.03. The van der Waals surface area contributed by atoms with Crippen molar-refractivity contribution in [2.75, 3.05) is 26.5 Å². The number of phenolic OH excluding ortho intramolecular Hbond substituents is 1. The Morgan fingerprint density at radius 2 is 1.88 bits per heavy atom. The molecule has 1 aromatic carbocycles. The van der Waals surface area contributed by atoms with E-state index in [0.717, 1.165) is 18.1 Å². The number of nitrogens with zero attached hydrogens (tertiary/aromatic N) is 3. The summed E-state index contributed by atoms with van der Waals surface area (Å²) in [5.74, 6) is -3.03. The molecule has 0 unspecified atom stereocenters. The molecule has 0 saturated heterocycles. The Bertz CT molecular complexity index is 922. The summed E-state index contributed by atoms with van der Waals surface area (Å²) in [5.41, 5.74) is -2.73. The number of hydrogen-bond acceptors (Lipinski definition) is 6. The molecule has 2 N–H and O–H groups in total. The van der Waals surface area contributed by atoms with Crippen LogP contribution in [-0.2, 0) is 21.1 Å². The van der Waals surface area contributed by atoms with Gasteiger partial charge in [-0.15, -0.1) is 8.80 Å². The molecule has 1 heterocycles. The second kappa shape index (κ2) is 6.48. The zero-order chi connectivity index (χ0) is 19.9. The lowest BCUT2D eigenvalue weighted by Gasteiger charge is -2.19. The first-order valence-corrected chi connectivity index (χ1v) is 8.18. The molecule has 142 valence electrons. The van der Waals surface area contributed by atoms with Gasteiger partial charge in [-0.05, 0) is 12.1 Å². The van der Waals surface area contributed by atoms with Gasteiger partial charge in [-0.25, -0.2) is 0 Å². The van der Waals surface area contributed by atoms with Gasteiger partial charge in [-0.2, -0.15) is 21.6 Å². The lowest BCUT2D eigenvalue weighted by Crippen LogP contribution is -2.26. The highest BCUT2D eigenvalue weighted by molar-refractivity contribution is 7.89. The molecule has 1 aromatic rings. The largest absolute Gasteiger partial charge is 0.505 e. The zero-order valence-corrected chi connectivity index (χ0v) is 14.4. The highest BCUT2D eigenvalue weighted by Crippen LogP contribution is 2.40. The standard InChI is InChI=1S/C13H13F3N4O5S/c1-20(2)12(22)8-6(13(14,15)16)4-5-7(9(8)21)17-10-11(25-3)19-26(23,24)18-10/h4-5,21H,1-3H3,(H,17,18). The highest BCUT2D eigenvalue weighted by atomic mass is 32.2. The molecule has 0 fully saturated rings. The smallest absolute Gasteiger partial charge is 0.417 e. The van der Waals surface area contributed by atoms with Crippen molar-refractivity contribution < 1.29 is 36.2 Å². The third kappa shape index (κ3) is 3.71. The molecular formula is C13H13F3N4O5S. The molecule has 0 radical (unpaired) electrons. The monoisotopic (exact) mass is 394 g/mol. The van der Waals surface area contributed by atoms with Gasteiger partial charge in [-0.3, -0.25) is 4.79 Å². The summed E-state index contributed by atoms with van der Waals surface area (Å²) in [6.07, 6.45) is -4.90. The molecule has 13 heteroatoms. The van der Waals surface area contributed by atoms with Crippen LogP contribution in [0.1, 0.15) is 15.9 Å². The maximum atomic E-state index is 13.2. The Labute approximate surface area is 146 Å². The normalized spacial score (nSPS) is 15.9. The maximum Gasteiger partial charge on any atom is 0.417 e. The SMILES string of the molecule is COC1=NS(=O)(=O)N=C1Nc1ccc(C(F)(F)F)c(C(=O)N(C)C)c1O. The molecule has 9 nitrogen and oxygen atoms in total. The van der Waals surface area contributed by atoms with Crippen molar-refractivity contribution in [2.24, 2.45) is 8.80 Å². The van der Waals surface area contributed by atoms with E-state index in [1.54, 1.807) is 0 Å². The van der Waals surface area contributed by atoms with Crippen molar-refractivity contribution in [1.29, 1.82) is 0 Å². The number of alkyl halides is 3. The number of ether oxygens (including phenoxy) is 1. The molecule has 1 aliphatic heterocycles. The number of hydrogen-bond donors (Lipinski definition) is 2. The first kappa shape index (κ1) is 19.5. The van der Waals surface area contributed by atoms with Crippen LogP contribution in [0.5, 0.6) is 5.75 Å². The van der Waals surface area contributed by atoms with Crippen molar-refractivity contribution in [2.45, 2.75) is 6.18 Å². The van der Waals surface area contributed by atoms with E-state index in [0.29, 0.717) is 6.07 Å². The van der Waals surface area contributed by atoms with Crippen LogP contribution in [0.15, 0.2) is 20.9 Å². The molecular weight excluding hydrogens is 381 g/mol. The second-order valence-electron chi connectivity index (χ2n) is 5.19. The number of aromatic hydroxyl groups is 1. The number of methoxy groups -OCH3 is 1.